The Morgan fingerprint density at radius 2 is 1.92 bits per heavy atom. The summed E-state index contributed by atoms with van der Waals surface area (Å²) >= 11 is 0. The Labute approximate surface area is 150 Å². The van der Waals surface area contributed by atoms with E-state index in [9.17, 15) is 14.9 Å². The fraction of sp³-hybridized carbons (Fsp3) is 0.222. The molecule has 1 aromatic heterocycles. The number of carbonyl (C=O) groups excluding carboxylic acids is 1. The highest BCUT2D eigenvalue weighted by atomic mass is 16.6. The summed E-state index contributed by atoms with van der Waals surface area (Å²) in [5.74, 6) is 0. The predicted octanol–water partition coefficient (Wildman–Crippen LogP) is 3.38. The van der Waals surface area contributed by atoms with E-state index in [4.69, 9.17) is 0 Å². The van der Waals surface area contributed by atoms with Gasteiger partial charge in [-0.1, -0.05) is 36.4 Å². The zero-order chi connectivity index (χ0) is 18.7. The fourth-order valence-electron chi connectivity index (χ4n) is 2.95. The monoisotopic (exact) mass is 353 g/mol. The van der Waals surface area contributed by atoms with Gasteiger partial charge in [0.25, 0.3) is 0 Å². The summed E-state index contributed by atoms with van der Waals surface area (Å²) in [5, 5.41) is 22.8. The Hall–Kier alpha value is -3.42. The number of fused-ring (bicyclic) bond motifs is 1. The SMILES string of the molecule is Cc1nn(CCNC(=O)Nc2cccc3ccccc23)c(C)c1[N+](=O)[O-]. The molecule has 3 aromatic rings. The second-order valence-corrected chi connectivity index (χ2v) is 5.91. The molecule has 0 unspecified atom stereocenters. The van der Waals surface area contributed by atoms with E-state index in [-0.39, 0.29) is 11.7 Å². The van der Waals surface area contributed by atoms with Crippen molar-refractivity contribution in [2.45, 2.75) is 20.4 Å². The Balaban J connectivity index is 1.61. The third-order valence-electron chi connectivity index (χ3n) is 4.17. The van der Waals surface area contributed by atoms with Gasteiger partial charge in [-0.3, -0.25) is 14.8 Å². The van der Waals surface area contributed by atoms with Crippen LogP contribution in [-0.2, 0) is 6.54 Å². The van der Waals surface area contributed by atoms with Gasteiger partial charge in [0, 0.05) is 11.9 Å². The van der Waals surface area contributed by atoms with E-state index in [0.29, 0.717) is 24.5 Å². The summed E-state index contributed by atoms with van der Waals surface area (Å²) in [7, 11) is 0. The van der Waals surface area contributed by atoms with Gasteiger partial charge in [0.15, 0.2) is 0 Å². The lowest BCUT2D eigenvalue weighted by molar-refractivity contribution is -0.386. The summed E-state index contributed by atoms with van der Waals surface area (Å²) in [6.45, 7) is 3.90. The molecular weight excluding hydrogens is 334 g/mol. The zero-order valence-electron chi connectivity index (χ0n) is 14.5. The number of urea groups is 1. The number of hydrogen-bond acceptors (Lipinski definition) is 4. The van der Waals surface area contributed by atoms with Gasteiger partial charge in [0.2, 0.25) is 0 Å². The zero-order valence-corrected chi connectivity index (χ0v) is 14.5. The summed E-state index contributed by atoms with van der Waals surface area (Å²) in [6.07, 6.45) is 0. The van der Waals surface area contributed by atoms with Crippen molar-refractivity contribution >= 4 is 28.2 Å². The molecule has 0 aliphatic heterocycles. The maximum atomic E-state index is 12.2. The van der Waals surface area contributed by atoms with Crippen molar-refractivity contribution < 1.29 is 9.72 Å². The van der Waals surface area contributed by atoms with Crippen LogP contribution in [0.3, 0.4) is 0 Å². The average molecular weight is 353 g/mol. The molecule has 3 rings (SSSR count). The van der Waals surface area contributed by atoms with Gasteiger partial charge >= 0.3 is 11.7 Å². The van der Waals surface area contributed by atoms with Crippen molar-refractivity contribution in [2.75, 3.05) is 11.9 Å². The number of aromatic nitrogens is 2. The standard InChI is InChI=1S/C18H19N5O3/c1-12-17(23(25)26)13(2)22(21-12)11-10-19-18(24)20-16-9-5-7-14-6-3-4-8-15(14)16/h3-9H,10-11H2,1-2H3,(H2,19,20,24). The molecular formula is C18H19N5O3. The molecule has 8 heteroatoms. The Morgan fingerprint density at radius 1 is 1.19 bits per heavy atom. The Morgan fingerprint density at radius 3 is 2.65 bits per heavy atom. The van der Waals surface area contributed by atoms with Gasteiger partial charge in [-0.15, -0.1) is 0 Å². The van der Waals surface area contributed by atoms with Crippen LogP contribution in [0, 0.1) is 24.0 Å². The molecule has 2 aromatic carbocycles. The smallest absolute Gasteiger partial charge is 0.319 e. The number of rotatable bonds is 5. The van der Waals surface area contributed by atoms with E-state index in [1.807, 2.05) is 42.5 Å². The summed E-state index contributed by atoms with van der Waals surface area (Å²) < 4.78 is 1.53. The molecule has 0 aliphatic rings. The number of nitrogens with one attached hydrogen (secondary N) is 2. The number of benzene rings is 2. The van der Waals surface area contributed by atoms with E-state index >= 15 is 0 Å². The van der Waals surface area contributed by atoms with Gasteiger partial charge in [0.05, 0.1) is 17.2 Å². The fourth-order valence-corrected chi connectivity index (χ4v) is 2.95. The van der Waals surface area contributed by atoms with Gasteiger partial charge in [-0.05, 0) is 25.3 Å². The van der Waals surface area contributed by atoms with Crippen LogP contribution in [0.1, 0.15) is 11.4 Å². The normalized spacial score (nSPS) is 10.7. The molecule has 1 heterocycles. The summed E-state index contributed by atoms with van der Waals surface area (Å²) in [4.78, 5) is 22.7. The first-order chi connectivity index (χ1) is 12.5. The molecule has 0 atom stereocenters. The first-order valence-corrected chi connectivity index (χ1v) is 8.18. The third-order valence-corrected chi connectivity index (χ3v) is 4.17. The van der Waals surface area contributed by atoms with Crippen molar-refractivity contribution in [1.29, 1.82) is 0 Å². The third kappa shape index (κ3) is 3.49. The predicted molar refractivity (Wildman–Crippen MR) is 99.3 cm³/mol. The number of anilines is 1. The molecule has 0 bridgehead atoms. The first kappa shape index (κ1) is 17.4. The topological polar surface area (TPSA) is 102 Å². The van der Waals surface area contributed by atoms with Crippen LogP contribution < -0.4 is 10.6 Å². The molecule has 0 saturated carbocycles. The lowest BCUT2D eigenvalue weighted by Crippen LogP contribution is -2.31. The average Bonchev–Trinajstić information content (AvgIpc) is 2.89. The maximum absolute atomic E-state index is 12.2. The summed E-state index contributed by atoms with van der Waals surface area (Å²) in [5.41, 5.74) is 1.59. The van der Waals surface area contributed by atoms with Crippen LogP contribution in [0.4, 0.5) is 16.2 Å². The van der Waals surface area contributed by atoms with E-state index in [0.717, 1.165) is 16.5 Å². The van der Waals surface area contributed by atoms with Crippen LogP contribution in [0.2, 0.25) is 0 Å². The van der Waals surface area contributed by atoms with Gasteiger partial charge in [-0.2, -0.15) is 5.10 Å². The molecule has 2 N–H and O–H groups in total. The molecule has 8 nitrogen and oxygen atoms in total. The molecule has 26 heavy (non-hydrogen) atoms. The number of nitrogens with zero attached hydrogens (tertiary/aromatic N) is 3. The highest BCUT2D eigenvalue weighted by molar-refractivity contribution is 6.01. The van der Waals surface area contributed by atoms with Crippen LogP contribution >= 0.6 is 0 Å². The minimum absolute atomic E-state index is 0.0187. The molecule has 0 fully saturated rings. The molecule has 2 amide bonds. The Kier molecular flexibility index (Phi) is 4.83. The lowest BCUT2D eigenvalue weighted by atomic mass is 10.1. The van der Waals surface area contributed by atoms with Crippen LogP contribution in [-0.4, -0.2) is 27.3 Å². The van der Waals surface area contributed by atoms with Crippen LogP contribution in [0.15, 0.2) is 42.5 Å². The minimum Gasteiger partial charge on any atom is -0.336 e. The van der Waals surface area contributed by atoms with Crippen molar-refractivity contribution in [1.82, 2.24) is 15.1 Å². The van der Waals surface area contributed by atoms with Gasteiger partial charge in [-0.25, -0.2) is 4.79 Å². The van der Waals surface area contributed by atoms with Crippen LogP contribution in [0.5, 0.6) is 0 Å². The first-order valence-electron chi connectivity index (χ1n) is 8.18. The number of amides is 2. The number of carbonyl (C=O) groups is 1. The van der Waals surface area contributed by atoms with Crippen molar-refractivity contribution in [2.24, 2.45) is 0 Å². The Bertz CT molecular complexity index is 975. The van der Waals surface area contributed by atoms with E-state index < -0.39 is 4.92 Å². The maximum Gasteiger partial charge on any atom is 0.319 e. The van der Waals surface area contributed by atoms with Crippen LogP contribution in [0.25, 0.3) is 10.8 Å². The summed E-state index contributed by atoms with van der Waals surface area (Å²) in [6, 6.07) is 13.2. The molecule has 134 valence electrons. The van der Waals surface area contributed by atoms with Crippen molar-refractivity contribution in [3.05, 3.63) is 64.0 Å². The van der Waals surface area contributed by atoms with Gasteiger partial charge < -0.3 is 10.6 Å². The highest BCUT2D eigenvalue weighted by Gasteiger charge is 2.21. The van der Waals surface area contributed by atoms with E-state index in [1.54, 1.807) is 13.8 Å². The molecule has 0 aliphatic carbocycles. The minimum atomic E-state index is -0.436. The number of aryl methyl sites for hydroxylation is 1. The lowest BCUT2D eigenvalue weighted by Gasteiger charge is -2.10. The quantitative estimate of drug-likeness (QED) is 0.542. The van der Waals surface area contributed by atoms with E-state index in [1.165, 1.54) is 4.68 Å². The van der Waals surface area contributed by atoms with Crippen molar-refractivity contribution in [3.63, 3.8) is 0 Å². The van der Waals surface area contributed by atoms with E-state index in [2.05, 4.69) is 15.7 Å². The second-order valence-electron chi connectivity index (χ2n) is 5.91. The second kappa shape index (κ2) is 7.22. The molecule has 0 saturated heterocycles. The molecule has 0 spiro atoms. The molecule has 0 radical (unpaired) electrons. The highest BCUT2D eigenvalue weighted by Crippen LogP contribution is 2.23. The largest absolute Gasteiger partial charge is 0.336 e. The number of nitro groups is 1. The van der Waals surface area contributed by atoms with Crippen molar-refractivity contribution in [3.8, 4) is 0 Å². The van der Waals surface area contributed by atoms with Gasteiger partial charge in [0.1, 0.15) is 11.4 Å². The number of hydrogen-bond donors (Lipinski definition) is 2.